The van der Waals surface area contributed by atoms with Crippen LogP contribution in [0.25, 0.3) is 0 Å². The largest absolute Gasteiger partial charge is 0.350 e. The molecule has 0 radical (unpaired) electrons. The number of thioether (sulfide) groups is 1. The van der Waals surface area contributed by atoms with Gasteiger partial charge in [-0.15, -0.1) is 0 Å². The lowest BCUT2D eigenvalue weighted by Crippen LogP contribution is -2.34. The number of amides is 2. The fourth-order valence-electron chi connectivity index (χ4n) is 1.88. The van der Waals surface area contributed by atoms with Crippen LogP contribution in [0.2, 0.25) is 0 Å². The first-order valence-electron chi connectivity index (χ1n) is 7.09. The van der Waals surface area contributed by atoms with E-state index in [1.807, 2.05) is 0 Å². The molecule has 0 fully saturated rings. The van der Waals surface area contributed by atoms with Crippen molar-refractivity contribution in [3.8, 4) is 0 Å². The first-order chi connectivity index (χ1) is 11.6. The van der Waals surface area contributed by atoms with Gasteiger partial charge in [-0.1, -0.05) is 18.2 Å². The topological polar surface area (TPSA) is 71.1 Å². The Kier molecular flexibility index (Phi) is 6.68. The molecular formula is C16H15F2N3O2S. The van der Waals surface area contributed by atoms with Crippen LogP contribution in [0, 0.1) is 0 Å². The Labute approximate surface area is 141 Å². The van der Waals surface area contributed by atoms with Crippen molar-refractivity contribution in [2.24, 2.45) is 0 Å². The number of alkyl halides is 2. The summed E-state index contributed by atoms with van der Waals surface area (Å²) in [5.41, 5.74) is 0.601. The summed E-state index contributed by atoms with van der Waals surface area (Å²) in [6.07, 6.45) is 1.35. The van der Waals surface area contributed by atoms with Crippen LogP contribution in [0.5, 0.6) is 0 Å². The molecule has 5 nitrogen and oxygen atoms in total. The molecule has 0 spiro atoms. The fraction of sp³-hybridized carbons (Fsp3) is 0.188. The van der Waals surface area contributed by atoms with E-state index in [4.69, 9.17) is 0 Å². The van der Waals surface area contributed by atoms with Crippen molar-refractivity contribution in [2.75, 3.05) is 13.1 Å². The monoisotopic (exact) mass is 351 g/mol. The average molecular weight is 351 g/mol. The highest BCUT2D eigenvalue weighted by atomic mass is 32.2. The minimum atomic E-state index is -2.66. The Morgan fingerprint density at radius 1 is 1.00 bits per heavy atom. The summed E-state index contributed by atoms with van der Waals surface area (Å²) < 4.78 is 24.9. The van der Waals surface area contributed by atoms with Crippen molar-refractivity contribution in [3.63, 3.8) is 0 Å². The molecule has 126 valence electrons. The van der Waals surface area contributed by atoms with Gasteiger partial charge in [-0.3, -0.25) is 9.59 Å². The maximum atomic E-state index is 12.5. The van der Waals surface area contributed by atoms with Crippen LogP contribution in [0.15, 0.2) is 53.7 Å². The maximum Gasteiger partial charge on any atom is 0.290 e. The number of aromatic nitrogens is 1. The van der Waals surface area contributed by atoms with Gasteiger partial charge >= 0.3 is 0 Å². The highest BCUT2D eigenvalue weighted by Crippen LogP contribution is 2.26. The number of pyridine rings is 1. The van der Waals surface area contributed by atoms with E-state index in [0.29, 0.717) is 5.56 Å². The summed E-state index contributed by atoms with van der Waals surface area (Å²) in [5, 5.41) is 5.20. The van der Waals surface area contributed by atoms with Gasteiger partial charge in [0, 0.05) is 24.8 Å². The molecule has 2 amide bonds. The minimum absolute atomic E-state index is 0.0293. The number of carbonyl (C=O) groups excluding carboxylic acids is 2. The van der Waals surface area contributed by atoms with E-state index in [1.165, 1.54) is 18.3 Å². The van der Waals surface area contributed by atoms with E-state index in [0.717, 1.165) is 0 Å². The minimum Gasteiger partial charge on any atom is -0.350 e. The molecule has 2 rings (SSSR count). The summed E-state index contributed by atoms with van der Waals surface area (Å²) in [5.74, 6) is -3.42. The lowest BCUT2D eigenvalue weighted by atomic mass is 10.2. The van der Waals surface area contributed by atoms with E-state index in [-0.39, 0.29) is 41.3 Å². The van der Waals surface area contributed by atoms with Gasteiger partial charge in [-0.25, -0.2) is 4.98 Å². The summed E-state index contributed by atoms with van der Waals surface area (Å²) >= 11 is 0.220. The van der Waals surface area contributed by atoms with Crippen molar-refractivity contribution in [1.29, 1.82) is 0 Å². The van der Waals surface area contributed by atoms with E-state index in [2.05, 4.69) is 15.6 Å². The van der Waals surface area contributed by atoms with E-state index in [9.17, 15) is 18.4 Å². The molecule has 0 aliphatic heterocycles. The van der Waals surface area contributed by atoms with Crippen molar-refractivity contribution in [3.05, 3.63) is 59.8 Å². The lowest BCUT2D eigenvalue weighted by Gasteiger charge is -2.09. The van der Waals surface area contributed by atoms with Crippen LogP contribution in [-0.4, -0.2) is 35.6 Å². The van der Waals surface area contributed by atoms with Gasteiger partial charge < -0.3 is 10.6 Å². The molecule has 0 saturated heterocycles. The Hall–Kier alpha value is -2.48. The third-order valence-electron chi connectivity index (χ3n) is 2.95. The van der Waals surface area contributed by atoms with Crippen LogP contribution >= 0.6 is 11.8 Å². The molecule has 2 aromatic rings. The Morgan fingerprint density at radius 2 is 1.67 bits per heavy atom. The Morgan fingerprint density at radius 3 is 2.33 bits per heavy atom. The van der Waals surface area contributed by atoms with E-state index >= 15 is 0 Å². The van der Waals surface area contributed by atoms with Gasteiger partial charge in [-0.2, -0.15) is 8.78 Å². The molecule has 1 heterocycles. The number of hydrogen-bond acceptors (Lipinski definition) is 4. The van der Waals surface area contributed by atoms with Gasteiger partial charge in [0.1, 0.15) is 5.03 Å². The molecule has 0 atom stereocenters. The van der Waals surface area contributed by atoms with Crippen LogP contribution in [0.3, 0.4) is 0 Å². The first kappa shape index (κ1) is 17.9. The van der Waals surface area contributed by atoms with Gasteiger partial charge in [0.25, 0.3) is 17.6 Å². The third-order valence-corrected chi connectivity index (χ3v) is 3.68. The van der Waals surface area contributed by atoms with Crippen LogP contribution in [0.4, 0.5) is 8.78 Å². The number of rotatable bonds is 7. The van der Waals surface area contributed by atoms with Crippen LogP contribution in [0.1, 0.15) is 20.7 Å². The van der Waals surface area contributed by atoms with Crippen molar-refractivity contribution >= 4 is 23.6 Å². The van der Waals surface area contributed by atoms with Gasteiger partial charge in [0.2, 0.25) is 0 Å². The maximum absolute atomic E-state index is 12.5. The summed E-state index contributed by atoms with van der Waals surface area (Å²) in [7, 11) is 0. The van der Waals surface area contributed by atoms with Gasteiger partial charge in [-0.05, 0) is 36.0 Å². The molecule has 0 aliphatic rings. The summed E-state index contributed by atoms with van der Waals surface area (Å²) in [4.78, 5) is 27.6. The normalized spacial score (nSPS) is 10.5. The number of benzene rings is 1. The first-order valence-corrected chi connectivity index (χ1v) is 7.97. The molecule has 0 aliphatic carbocycles. The number of carbonyl (C=O) groups is 2. The second-order valence-corrected chi connectivity index (χ2v) is 5.59. The average Bonchev–Trinajstić information content (AvgIpc) is 2.59. The summed E-state index contributed by atoms with van der Waals surface area (Å²) in [6.45, 7) is 0.391. The number of halogens is 2. The Balaban J connectivity index is 1.83. The van der Waals surface area contributed by atoms with E-state index < -0.39 is 11.7 Å². The zero-order valence-electron chi connectivity index (χ0n) is 12.5. The molecule has 0 bridgehead atoms. The van der Waals surface area contributed by atoms with Gasteiger partial charge in [0.05, 0.1) is 5.56 Å². The fourth-order valence-corrected chi connectivity index (χ4v) is 2.46. The van der Waals surface area contributed by atoms with Gasteiger partial charge in [0.15, 0.2) is 0 Å². The van der Waals surface area contributed by atoms with Crippen molar-refractivity contribution < 1.29 is 18.4 Å². The molecule has 0 unspecified atom stereocenters. The molecule has 2 N–H and O–H groups in total. The molecule has 1 aromatic carbocycles. The number of hydrogen-bond donors (Lipinski definition) is 2. The summed E-state index contributed by atoms with van der Waals surface area (Å²) in [6, 6.07) is 11.6. The van der Waals surface area contributed by atoms with Crippen LogP contribution < -0.4 is 10.6 Å². The zero-order chi connectivity index (χ0) is 17.4. The predicted octanol–water partition coefficient (Wildman–Crippen LogP) is 2.56. The molecule has 8 heteroatoms. The number of nitrogens with one attached hydrogen (secondary N) is 2. The zero-order valence-corrected chi connectivity index (χ0v) is 13.4. The molecule has 1 aromatic heterocycles. The lowest BCUT2D eigenvalue weighted by molar-refractivity contribution is 0.0925. The SMILES string of the molecule is O=C(NCCNC(=O)c1cccnc1SC(F)F)c1ccccc1. The Bertz CT molecular complexity index is 699. The predicted molar refractivity (Wildman–Crippen MR) is 87.2 cm³/mol. The molecular weight excluding hydrogens is 336 g/mol. The van der Waals surface area contributed by atoms with Crippen molar-refractivity contribution in [2.45, 2.75) is 10.8 Å². The van der Waals surface area contributed by atoms with Crippen LogP contribution in [-0.2, 0) is 0 Å². The second kappa shape index (κ2) is 8.97. The quantitative estimate of drug-likeness (QED) is 0.594. The highest BCUT2D eigenvalue weighted by molar-refractivity contribution is 7.99. The third kappa shape index (κ3) is 5.31. The second-order valence-electron chi connectivity index (χ2n) is 4.61. The molecule has 0 saturated carbocycles. The molecule has 24 heavy (non-hydrogen) atoms. The highest BCUT2D eigenvalue weighted by Gasteiger charge is 2.16. The standard InChI is InChI=1S/C16H15F2N3O2S/c17-16(18)24-15-12(7-4-8-21-15)14(23)20-10-9-19-13(22)11-5-2-1-3-6-11/h1-8,16H,9-10H2,(H,19,22)(H,20,23). The number of nitrogens with zero attached hydrogens (tertiary/aromatic N) is 1. The smallest absolute Gasteiger partial charge is 0.290 e. The van der Waals surface area contributed by atoms with Crippen molar-refractivity contribution in [1.82, 2.24) is 15.6 Å². The van der Waals surface area contributed by atoms with E-state index in [1.54, 1.807) is 30.3 Å².